The van der Waals surface area contributed by atoms with E-state index in [1.54, 1.807) is 6.20 Å². The molecule has 2 amide bonds. The third kappa shape index (κ3) is 4.95. The van der Waals surface area contributed by atoms with Gasteiger partial charge < -0.3 is 25.6 Å². The van der Waals surface area contributed by atoms with Crippen LogP contribution in [-0.2, 0) is 4.74 Å². The molecule has 2 aromatic heterocycles. The first-order valence-corrected chi connectivity index (χ1v) is 11.6. The average molecular weight is 484 g/mol. The summed E-state index contributed by atoms with van der Waals surface area (Å²) in [6, 6.07) is 9.19. The lowest BCUT2D eigenvalue weighted by atomic mass is 9.93. The van der Waals surface area contributed by atoms with Crippen LogP contribution in [0.4, 0.5) is 25.1 Å². The van der Waals surface area contributed by atoms with Gasteiger partial charge in [0.1, 0.15) is 5.52 Å². The molecule has 1 unspecified atom stereocenters. The molecule has 11 heteroatoms. The summed E-state index contributed by atoms with van der Waals surface area (Å²) in [5.74, 6) is -3.66. The molecule has 2 fully saturated rings. The van der Waals surface area contributed by atoms with Crippen LogP contribution < -0.4 is 16.0 Å². The second-order valence-corrected chi connectivity index (χ2v) is 8.80. The van der Waals surface area contributed by atoms with E-state index in [0.29, 0.717) is 35.8 Å². The maximum absolute atomic E-state index is 14.6. The third-order valence-corrected chi connectivity index (χ3v) is 6.58. The van der Waals surface area contributed by atoms with Crippen molar-refractivity contribution in [3.05, 3.63) is 42.7 Å². The molecular formula is C24H27F2N7O2. The largest absolute Gasteiger partial charge is 0.378 e. The topological polar surface area (TPSA) is 110 Å². The number of aromatic nitrogens is 3. The molecule has 5 rings (SSSR count). The number of pyridine rings is 1. The van der Waals surface area contributed by atoms with Crippen molar-refractivity contribution in [1.82, 2.24) is 19.9 Å². The minimum Gasteiger partial charge on any atom is -0.378 e. The van der Waals surface area contributed by atoms with Crippen molar-refractivity contribution in [3.8, 4) is 11.3 Å². The van der Waals surface area contributed by atoms with Gasteiger partial charge >= 0.3 is 6.03 Å². The van der Waals surface area contributed by atoms with Gasteiger partial charge in [0.2, 0.25) is 0 Å². The van der Waals surface area contributed by atoms with Crippen molar-refractivity contribution in [2.45, 2.75) is 12.3 Å². The number of carbonyl (C=O) groups is 1. The molecule has 3 N–H and O–H groups in total. The van der Waals surface area contributed by atoms with Crippen LogP contribution >= 0.6 is 0 Å². The Bertz CT molecular complexity index is 1200. The van der Waals surface area contributed by atoms with Crippen LogP contribution in [0.5, 0.6) is 0 Å². The maximum atomic E-state index is 14.6. The van der Waals surface area contributed by atoms with Gasteiger partial charge in [-0.25, -0.2) is 23.5 Å². The van der Waals surface area contributed by atoms with E-state index in [-0.39, 0.29) is 19.6 Å². The number of benzene rings is 1. The Hall–Kier alpha value is -3.60. The molecule has 0 bridgehead atoms. The highest BCUT2D eigenvalue weighted by molar-refractivity contribution is 5.88. The maximum Gasteiger partial charge on any atom is 0.314 e. The number of hydrogen-bond donors (Lipinski definition) is 2. The number of primary amides is 1. The summed E-state index contributed by atoms with van der Waals surface area (Å²) in [6.45, 7) is 2.84. The molecule has 4 heterocycles. The summed E-state index contributed by atoms with van der Waals surface area (Å²) in [7, 11) is 0. The van der Waals surface area contributed by atoms with Gasteiger partial charge in [-0.3, -0.25) is 4.98 Å². The second-order valence-electron chi connectivity index (χ2n) is 8.80. The Morgan fingerprint density at radius 2 is 1.89 bits per heavy atom. The number of morpholine rings is 1. The molecule has 35 heavy (non-hydrogen) atoms. The zero-order valence-corrected chi connectivity index (χ0v) is 19.2. The van der Waals surface area contributed by atoms with Crippen LogP contribution in [0.15, 0.2) is 42.7 Å². The number of alkyl halides is 2. The highest BCUT2D eigenvalue weighted by Gasteiger charge is 2.44. The van der Waals surface area contributed by atoms with Gasteiger partial charge in [0, 0.05) is 62.8 Å². The Labute approximate surface area is 201 Å². The number of likely N-dealkylation sites (tertiary alicyclic amines) is 1. The molecule has 0 aliphatic carbocycles. The number of nitrogens with two attached hydrogens (primary N) is 1. The number of rotatable bonds is 5. The predicted molar refractivity (Wildman–Crippen MR) is 129 cm³/mol. The predicted octanol–water partition coefficient (Wildman–Crippen LogP) is 2.98. The number of fused-ring (bicyclic) bond motifs is 1. The molecule has 1 aromatic carbocycles. The fourth-order valence-corrected chi connectivity index (χ4v) is 4.52. The summed E-state index contributed by atoms with van der Waals surface area (Å²) in [6.07, 6.45) is 2.69. The van der Waals surface area contributed by atoms with Gasteiger partial charge in [-0.05, 0) is 18.2 Å². The van der Waals surface area contributed by atoms with Crippen LogP contribution in [0, 0.1) is 5.92 Å². The normalized spacial score (nSPS) is 20.1. The van der Waals surface area contributed by atoms with E-state index < -0.39 is 24.3 Å². The number of amides is 2. The van der Waals surface area contributed by atoms with Gasteiger partial charge in [0.15, 0.2) is 5.82 Å². The van der Waals surface area contributed by atoms with Crippen molar-refractivity contribution < 1.29 is 18.3 Å². The van der Waals surface area contributed by atoms with E-state index in [4.69, 9.17) is 15.5 Å². The fraction of sp³-hybridized carbons (Fsp3) is 0.417. The smallest absolute Gasteiger partial charge is 0.314 e. The molecule has 0 saturated carbocycles. The summed E-state index contributed by atoms with van der Waals surface area (Å²) in [4.78, 5) is 28.5. The Kier molecular flexibility index (Phi) is 6.33. The highest BCUT2D eigenvalue weighted by Crippen LogP contribution is 2.34. The molecule has 2 aliphatic heterocycles. The molecule has 3 aromatic rings. The van der Waals surface area contributed by atoms with E-state index >= 15 is 0 Å². The quantitative estimate of drug-likeness (QED) is 0.574. The SMILES string of the molecule is NC(=O)N1CCC(F)(F)C(CNc2nc(-c3ccc(N4CCOCC4)cc3)cc3nccnc23)C1. The van der Waals surface area contributed by atoms with Gasteiger partial charge in [-0.1, -0.05) is 12.1 Å². The molecule has 2 aliphatic rings. The van der Waals surface area contributed by atoms with Gasteiger partial charge in [-0.15, -0.1) is 0 Å². The first-order chi connectivity index (χ1) is 16.9. The number of ether oxygens (including phenoxy) is 1. The van der Waals surface area contributed by atoms with Crippen molar-refractivity contribution in [2.75, 3.05) is 56.2 Å². The summed E-state index contributed by atoms with van der Waals surface area (Å²) in [5.41, 5.74) is 9.06. The molecule has 184 valence electrons. The summed E-state index contributed by atoms with van der Waals surface area (Å²) in [5, 5.41) is 3.05. The second kappa shape index (κ2) is 9.57. The molecule has 2 saturated heterocycles. The Morgan fingerprint density at radius 1 is 1.14 bits per heavy atom. The fourth-order valence-electron chi connectivity index (χ4n) is 4.52. The van der Waals surface area contributed by atoms with Gasteiger partial charge in [0.05, 0.1) is 30.3 Å². The van der Waals surface area contributed by atoms with Crippen LogP contribution in [-0.4, -0.2) is 77.7 Å². The van der Waals surface area contributed by atoms with Gasteiger partial charge in [-0.2, -0.15) is 0 Å². The lowest BCUT2D eigenvalue weighted by molar-refractivity contribution is -0.0920. The molecular weight excluding hydrogens is 456 g/mol. The van der Waals surface area contributed by atoms with E-state index in [9.17, 15) is 13.6 Å². The first-order valence-electron chi connectivity index (χ1n) is 11.6. The van der Waals surface area contributed by atoms with Crippen molar-refractivity contribution in [1.29, 1.82) is 0 Å². The van der Waals surface area contributed by atoms with E-state index in [1.807, 2.05) is 30.3 Å². The summed E-state index contributed by atoms with van der Waals surface area (Å²) < 4.78 is 34.6. The summed E-state index contributed by atoms with van der Waals surface area (Å²) >= 11 is 0. The number of carbonyl (C=O) groups excluding carboxylic acids is 1. The van der Waals surface area contributed by atoms with E-state index in [0.717, 1.165) is 24.3 Å². The van der Waals surface area contributed by atoms with E-state index in [1.165, 1.54) is 11.1 Å². The highest BCUT2D eigenvalue weighted by atomic mass is 19.3. The molecule has 0 radical (unpaired) electrons. The van der Waals surface area contributed by atoms with Crippen molar-refractivity contribution >= 4 is 28.6 Å². The van der Waals surface area contributed by atoms with Crippen LogP contribution in [0.1, 0.15) is 6.42 Å². The number of anilines is 2. The minimum atomic E-state index is -2.92. The number of nitrogens with one attached hydrogen (secondary N) is 1. The monoisotopic (exact) mass is 483 g/mol. The number of urea groups is 1. The number of nitrogens with zero attached hydrogens (tertiary/aromatic N) is 5. The van der Waals surface area contributed by atoms with Crippen LogP contribution in [0.2, 0.25) is 0 Å². The Balaban J connectivity index is 1.40. The standard InChI is InChI=1S/C24H27F2N7O2/c25-24(26)5-8-33(23(27)34)15-17(24)14-30-22-21-20(28-6-7-29-21)13-19(31-22)16-1-3-18(4-2-16)32-9-11-35-12-10-32/h1-4,6-7,13,17H,5,8-12,14-15H2,(H2,27,34)(H,30,31). The number of piperidine rings is 1. The lowest BCUT2D eigenvalue weighted by Gasteiger charge is -2.37. The van der Waals surface area contributed by atoms with E-state index in [2.05, 4.69) is 20.2 Å². The molecule has 0 spiro atoms. The number of halogens is 2. The zero-order chi connectivity index (χ0) is 24.4. The Morgan fingerprint density at radius 3 is 2.63 bits per heavy atom. The van der Waals surface area contributed by atoms with Crippen LogP contribution in [0.25, 0.3) is 22.3 Å². The minimum absolute atomic E-state index is 0.0541. The first kappa shape index (κ1) is 23.2. The lowest BCUT2D eigenvalue weighted by Crippen LogP contribution is -2.52. The number of hydrogen-bond acceptors (Lipinski definition) is 7. The zero-order valence-electron chi connectivity index (χ0n) is 19.2. The molecule has 1 atom stereocenters. The van der Waals surface area contributed by atoms with Gasteiger partial charge in [0.25, 0.3) is 5.92 Å². The third-order valence-electron chi connectivity index (χ3n) is 6.58. The van der Waals surface area contributed by atoms with Crippen LogP contribution in [0.3, 0.4) is 0 Å². The molecule has 9 nitrogen and oxygen atoms in total. The average Bonchev–Trinajstić information content (AvgIpc) is 2.88. The van der Waals surface area contributed by atoms with Crippen molar-refractivity contribution in [2.24, 2.45) is 11.7 Å². The van der Waals surface area contributed by atoms with Crippen molar-refractivity contribution in [3.63, 3.8) is 0 Å².